The van der Waals surface area contributed by atoms with Gasteiger partial charge in [-0.2, -0.15) is 0 Å². The van der Waals surface area contributed by atoms with Gasteiger partial charge in [0, 0.05) is 23.7 Å². The van der Waals surface area contributed by atoms with Crippen LogP contribution in [0.5, 0.6) is 5.75 Å². The first-order chi connectivity index (χ1) is 17.9. The molecule has 1 spiro atoms. The van der Waals surface area contributed by atoms with Crippen LogP contribution in [0.2, 0.25) is 5.02 Å². The van der Waals surface area contributed by atoms with E-state index in [-0.39, 0.29) is 35.4 Å². The van der Waals surface area contributed by atoms with Crippen LogP contribution in [0, 0.1) is 0 Å². The van der Waals surface area contributed by atoms with E-state index in [4.69, 9.17) is 20.8 Å². The van der Waals surface area contributed by atoms with Gasteiger partial charge in [0.15, 0.2) is 11.0 Å². The minimum atomic E-state index is -1.71. The molecule has 184 valence electrons. The fraction of sp³-hybridized carbons (Fsp3) is 0.138. The van der Waals surface area contributed by atoms with Gasteiger partial charge < -0.3 is 19.0 Å². The van der Waals surface area contributed by atoms with Crippen LogP contribution in [-0.4, -0.2) is 30.4 Å². The van der Waals surface area contributed by atoms with Crippen LogP contribution in [0.25, 0.3) is 11.0 Å². The fourth-order valence-corrected chi connectivity index (χ4v) is 5.58. The van der Waals surface area contributed by atoms with Crippen molar-refractivity contribution in [1.29, 1.82) is 0 Å². The van der Waals surface area contributed by atoms with Crippen LogP contribution < -0.4 is 15.1 Å². The number of carbonyl (C=O) groups is 2. The lowest BCUT2D eigenvalue weighted by Crippen LogP contribution is -2.53. The zero-order valence-electron chi connectivity index (χ0n) is 19.9. The highest BCUT2D eigenvalue weighted by molar-refractivity contribution is 6.31. The SMILES string of the molecule is C=CCN1C(=O)C2(c3ccccc31)c1c(oc3ccc(Cl)cc3c1=O)C(=O)N2Cc1ccc(OC)cc1. The molecular weight excluding hydrogens is 492 g/mol. The second-order valence-electron chi connectivity index (χ2n) is 8.95. The van der Waals surface area contributed by atoms with E-state index >= 15 is 0 Å². The van der Waals surface area contributed by atoms with Gasteiger partial charge in [0.2, 0.25) is 5.76 Å². The lowest BCUT2D eigenvalue weighted by Gasteiger charge is -2.34. The number of benzene rings is 3. The van der Waals surface area contributed by atoms with Gasteiger partial charge in [0.25, 0.3) is 11.8 Å². The number of fused-ring (bicyclic) bond motifs is 5. The van der Waals surface area contributed by atoms with Crippen LogP contribution >= 0.6 is 11.6 Å². The lowest BCUT2D eigenvalue weighted by molar-refractivity contribution is -0.126. The Kier molecular flexibility index (Phi) is 5.21. The lowest BCUT2D eigenvalue weighted by atomic mass is 9.83. The number of anilines is 1. The third-order valence-corrected chi connectivity index (χ3v) is 7.24. The van der Waals surface area contributed by atoms with Gasteiger partial charge in [-0.15, -0.1) is 6.58 Å². The molecule has 3 aromatic carbocycles. The second kappa shape index (κ2) is 8.35. The highest BCUT2D eigenvalue weighted by Gasteiger charge is 2.64. The Morgan fingerprint density at radius 1 is 1.05 bits per heavy atom. The Morgan fingerprint density at radius 2 is 1.81 bits per heavy atom. The molecule has 3 heterocycles. The monoisotopic (exact) mass is 512 g/mol. The van der Waals surface area contributed by atoms with Gasteiger partial charge in [-0.1, -0.05) is 48.0 Å². The van der Waals surface area contributed by atoms with Crippen molar-refractivity contribution in [3.63, 3.8) is 0 Å². The summed E-state index contributed by atoms with van der Waals surface area (Å²) in [4.78, 5) is 45.5. The summed E-state index contributed by atoms with van der Waals surface area (Å²) in [6.07, 6.45) is 1.61. The molecule has 0 aliphatic carbocycles. The van der Waals surface area contributed by atoms with Gasteiger partial charge >= 0.3 is 0 Å². The molecule has 4 aromatic rings. The summed E-state index contributed by atoms with van der Waals surface area (Å²) < 4.78 is 11.3. The van der Waals surface area contributed by atoms with Gasteiger partial charge in [-0.05, 0) is 42.0 Å². The number of nitrogens with zero attached hydrogens (tertiary/aromatic N) is 2. The van der Waals surface area contributed by atoms with Crippen LogP contribution in [0.1, 0.15) is 27.2 Å². The number of amides is 2. The number of methoxy groups -OCH3 is 1. The van der Waals surface area contributed by atoms with E-state index in [2.05, 4.69) is 6.58 Å². The Labute approximate surface area is 217 Å². The maximum Gasteiger partial charge on any atom is 0.291 e. The molecule has 7 nitrogen and oxygen atoms in total. The number of hydrogen-bond acceptors (Lipinski definition) is 5. The van der Waals surface area contributed by atoms with Crippen LogP contribution in [0.15, 0.2) is 88.6 Å². The normalized spacial score (nSPS) is 18.0. The molecule has 1 aromatic heterocycles. The molecular formula is C29H21ClN2O5. The van der Waals surface area contributed by atoms with E-state index in [0.29, 0.717) is 22.0 Å². The third-order valence-electron chi connectivity index (χ3n) is 7.01. The third kappa shape index (κ3) is 3.10. The molecule has 37 heavy (non-hydrogen) atoms. The molecule has 0 saturated heterocycles. The first-order valence-electron chi connectivity index (χ1n) is 11.7. The smallest absolute Gasteiger partial charge is 0.291 e. The van der Waals surface area contributed by atoms with Crippen molar-refractivity contribution in [1.82, 2.24) is 4.90 Å². The van der Waals surface area contributed by atoms with E-state index in [0.717, 1.165) is 5.56 Å². The van der Waals surface area contributed by atoms with Gasteiger partial charge in [0.1, 0.15) is 11.3 Å². The molecule has 1 atom stereocenters. The number of carbonyl (C=O) groups excluding carboxylic acids is 2. The fourth-order valence-electron chi connectivity index (χ4n) is 5.41. The van der Waals surface area contributed by atoms with Crippen molar-refractivity contribution < 1.29 is 18.7 Å². The van der Waals surface area contributed by atoms with Crippen molar-refractivity contribution in [3.8, 4) is 5.75 Å². The van der Waals surface area contributed by atoms with E-state index < -0.39 is 22.8 Å². The summed E-state index contributed by atoms with van der Waals surface area (Å²) in [5.41, 5.74) is -0.0334. The number of para-hydroxylation sites is 1. The first-order valence-corrected chi connectivity index (χ1v) is 12.0. The molecule has 0 fully saturated rings. The quantitative estimate of drug-likeness (QED) is 0.356. The van der Waals surface area contributed by atoms with Crippen LogP contribution in [-0.2, 0) is 16.9 Å². The van der Waals surface area contributed by atoms with Crippen molar-refractivity contribution in [2.75, 3.05) is 18.6 Å². The Balaban J connectivity index is 1.67. The Hall–Kier alpha value is -4.36. The van der Waals surface area contributed by atoms with Crippen LogP contribution in [0.3, 0.4) is 0 Å². The zero-order valence-corrected chi connectivity index (χ0v) is 20.6. The largest absolute Gasteiger partial charge is 0.497 e. The molecule has 8 heteroatoms. The van der Waals surface area contributed by atoms with Crippen molar-refractivity contribution in [3.05, 3.63) is 117 Å². The number of halogens is 1. The summed E-state index contributed by atoms with van der Waals surface area (Å²) in [5, 5.41) is 0.553. The summed E-state index contributed by atoms with van der Waals surface area (Å²) >= 11 is 6.20. The second-order valence-corrected chi connectivity index (χ2v) is 9.38. The summed E-state index contributed by atoms with van der Waals surface area (Å²) in [6.45, 7) is 4.07. The maximum absolute atomic E-state index is 14.4. The molecule has 2 aliphatic rings. The topological polar surface area (TPSA) is 80.1 Å². The number of rotatable bonds is 5. The molecule has 6 rings (SSSR count). The van der Waals surface area contributed by atoms with E-state index in [1.165, 1.54) is 11.0 Å². The minimum absolute atomic E-state index is 0.00444. The molecule has 0 radical (unpaired) electrons. The summed E-state index contributed by atoms with van der Waals surface area (Å²) in [7, 11) is 1.57. The molecule has 1 unspecified atom stereocenters. The predicted molar refractivity (Wildman–Crippen MR) is 140 cm³/mol. The van der Waals surface area contributed by atoms with E-state index in [9.17, 15) is 14.4 Å². The average molecular weight is 513 g/mol. The highest BCUT2D eigenvalue weighted by atomic mass is 35.5. The van der Waals surface area contributed by atoms with Gasteiger partial charge in [0.05, 0.1) is 23.7 Å². The van der Waals surface area contributed by atoms with E-state index in [1.54, 1.807) is 60.6 Å². The molecule has 0 bridgehead atoms. The summed E-state index contributed by atoms with van der Waals surface area (Å²) in [5.74, 6) is -0.433. The Morgan fingerprint density at radius 3 is 2.54 bits per heavy atom. The summed E-state index contributed by atoms with van der Waals surface area (Å²) in [6, 6.07) is 19.0. The zero-order chi connectivity index (χ0) is 25.9. The molecule has 2 amide bonds. The van der Waals surface area contributed by atoms with Gasteiger partial charge in [-0.3, -0.25) is 14.4 Å². The molecule has 0 N–H and O–H groups in total. The van der Waals surface area contributed by atoms with Crippen LogP contribution in [0.4, 0.5) is 5.69 Å². The minimum Gasteiger partial charge on any atom is -0.497 e. The van der Waals surface area contributed by atoms with Crippen molar-refractivity contribution in [2.24, 2.45) is 0 Å². The first kappa shape index (κ1) is 23.1. The number of ether oxygens (including phenoxy) is 1. The van der Waals surface area contributed by atoms with E-state index in [1.807, 2.05) is 18.2 Å². The Bertz CT molecular complexity index is 1680. The van der Waals surface area contributed by atoms with Crippen molar-refractivity contribution >= 4 is 40.1 Å². The average Bonchev–Trinajstić information content (AvgIpc) is 3.30. The standard InChI is InChI=1S/C29H21ClN2O5/c1-3-14-31-22-7-5-4-6-21(22)29(28(31)35)24-25(33)20-15-18(30)10-13-23(20)37-26(24)27(34)32(29)16-17-8-11-19(36-2)12-9-17/h3-13,15H,1,14,16H2,2H3. The molecule has 2 aliphatic heterocycles. The predicted octanol–water partition coefficient (Wildman–Crippen LogP) is 4.89. The molecule has 0 saturated carbocycles. The number of hydrogen-bond donors (Lipinski definition) is 0. The highest BCUT2D eigenvalue weighted by Crippen LogP contribution is 2.53. The van der Waals surface area contributed by atoms with Gasteiger partial charge in [-0.25, -0.2) is 0 Å². The van der Waals surface area contributed by atoms with Crippen molar-refractivity contribution in [2.45, 2.75) is 12.1 Å². The maximum atomic E-state index is 14.4.